The first-order chi connectivity index (χ1) is 15.1. The van der Waals surface area contributed by atoms with Crippen LogP contribution in [0.25, 0.3) is 11.1 Å². The van der Waals surface area contributed by atoms with Crippen LogP contribution >= 0.6 is 0 Å². The third-order valence-corrected chi connectivity index (χ3v) is 5.35. The van der Waals surface area contributed by atoms with E-state index in [1.165, 1.54) is 11.0 Å². The number of rotatable bonds is 6. The number of methoxy groups -OCH3 is 1. The van der Waals surface area contributed by atoms with Crippen molar-refractivity contribution in [2.24, 2.45) is 0 Å². The van der Waals surface area contributed by atoms with Gasteiger partial charge in [-0.1, -0.05) is 24.3 Å². The van der Waals surface area contributed by atoms with Crippen LogP contribution in [0.1, 0.15) is 19.3 Å². The Labute approximate surface area is 180 Å². The van der Waals surface area contributed by atoms with Crippen LogP contribution in [0.4, 0.5) is 5.69 Å². The van der Waals surface area contributed by atoms with Crippen LogP contribution in [0, 0.1) is 0 Å². The summed E-state index contributed by atoms with van der Waals surface area (Å²) in [6.45, 7) is 0.561. The van der Waals surface area contributed by atoms with E-state index in [0.29, 0.717) is 18.7 Å². The number of nitrogens with one attached hydrogen (secondary N) is 1. The molecular weight excluding hydrogens is 396 g/mol. The third kappa shape index (κ3) is 4.88. The van der Waals surface area contributed by atoms with Crippen LogP contribution in [0.15, 0.2) is 54.9 Å². The molecule has 1 saturated heterocycles. The van der Waals surface area contributed by atoms with E-state index in [1.807, 2.05) is 48.5 Å². The standard InChI is InChI=1S/C22H24N6O3/c1-31-19-9-5-7-17(13-19)16-6-4-8-18(12-16)24-22(30)20-10-2-3-11-28(20)21(29)14-27-15-23-25-26-27/h4-9,12-13,15,20H,2-3,10-11,14H2,1H3,(H,24,30). The van der Waals surface area contributed by atoms with Gasteiger partial charge in [-0.15, -0.1) is 5.10 Å². The molecule has 2 heterocycles. The minimum Gasteiger partial charge on any atom is -0.497 e. The molecule has 4 rings (SSSR count). The molecule has 160 valence electrons. The highest BCUT2D eigenvalue weighted by Gasteiger charge is 2.32. The minimum atomic E-state index is -0.516. The van der Waals surface area contributed by atoms with Gasteiger partial charge in [0.15, 0.2) is 0 Å². The summed E-state index contributed by atoms with van der Waals surface area (Å²) in [6.07, 6.45) is 3.79. The SMILES string of the molecule is COc1cccc(-c2cccc(NC(=O)C3CCCCN3C(=O)Cn3cnnn3)c2)c1. The van der Waals surface area contributed by atoms with E-state index >= 15 is 0 Å². The number of ether oxygens (including phenoxy) is 1. The minimum absolute atomic E-state index is 0.0160. The monoisotopic (exact) mass is 420 g/mol. The van der Waals surface area contributed by atoms with Crippen LogP contribution in [0.2, 0.25) is 0 Å². The number of aromatic nitrogens is 4. The molecule has 1 fully saturated rings. The molecule has 1 atom stereocenters. The Bertz CT molecular complexity index is 1050. The van der Waals surface area contributed by atoms with Crippen LogP contribution in [-0.4, -0.2) is 56.6 Å². The summed E-state index contributed by atoms with van der Waals surface area (Å²) >= 11 is 0. The van der Waals surface area contributed by atoms with Crippen molar-refractivity contribution in [3.63, 3.8) is 0 Å². The zero-order chi connectivity index (χ0) is 21.6. The lowest BCUT2D eigenvalue weighted by Gasteiger charge is -2.34. The molecule has 2 aromatic carbocycles. The number of hydrogen-bond acceptors (Lipinski definition) is 6. The lowest BCUT2D eigenvalue weighted by Crippen LogP contribution is -2.51. The summed E-state index contributed by atoms with van der Waals surface area (Å²) in [4.78, 5) is 27.4. The average molecular weight is 420 g/mol. The number of carbonyl (C=O) groups is 2. The van der Waals surface area contributed by atoms with Gasteiger partial charge in [0.1, 0.15) is 24.7 Å². The number of carbonyl (C=O) groups excluding carboxylic acids is 2. The van der Waals surface area contributed by atoms with Gasteiger partial charge in [-0.05, 0) is 65.1 Å². The number of amides is 2. The van der Waals surface area contributed by atoms with Gasteiger partial charge in [0.25, 0.3) is 0 Å². The topological polar surface area (TPSA) is 102 Å². The maximum atomic E-state index is 13.1. The first kappa shape index (κ1) is 20.5. The molecule has 31 heavy (non-hydrogen) atoms. The molecule has 0 spiro atoms. The van der Waals surface area contributed by atoms with Crippen molar-refractivity contribution in [2.45, 2.75) is 31.8 Å². The third-order valence-electron chi connectivity index (χ3n) is 5.35. The number of hydrogen-bond donors (Lipinski definition) is 1. The largest absolute Gasteiger partial charge is 0.497 e. The van der Waals surface area contributed by atoms with E-state index in [1.54, 1.807) is 12.0 Å². The molecule has 0 bridgehead atoms. The number of benzene rings is 2. The van der Waals surface area contributed by atoms with E-state index in [-0.39, 0.29) is 18.4 Å². The molecule has 0 radical (unpaired) electrons. The predicted octanol–water partition coefficient (Wildman–Crippen LogP) is 2.37. The molecule has 9 heteroatoms. The van der Waals surface area contributed by atoms with Gasteiger partial charge in [-0.25, -0.2) is 4.68 Å². The van der Waals surface area contributed by atoms with Gasteiger partial charge in [0.2, 0.25) is 11.8 Å². The van der Waals surface area contributed by atoms with E-state index in [2.05, 4.69) is 20.8 Å². The van der Waals surface area contributed by atoms with Gasteiger partial charge >= 0.3 is 0 Å². The molecule has 1 aromatic heterocycles. The fraction of sp³-hybridized carbons (Fsp3) is 0.318. The Morgan fingerprint density at radius 1 is 1.13 bits per heavy atom. The lowest BCUT2D eigenvalue weighted by molar-refractivity contribution is -0.141. The second-order valence-corrected chi connectivity index (χ2v) is 7.41. The van der Waals surface area contributed by atoms with Crippen LogP contribution in [0.3, 0.4) is 0 Å². The molecule has 0 saturated carbocycles. The summed E-state index contributed by atoms with van der Waals surface area (Å²) in [7, 11) is 1.63. The van der Waals surface area contributed by atoms with Crippen molar-refractivity contribution < 1.29 is 14.3 Å². The van der Waals surface area contributed by atoms with E-state index in [9.17, 15) is 9.59 Å². The smallest absolute Gasteiger partial charge is 0.247 e. The van der Waals surface area contributed by atoms with Gasteiger partial charge in [0.05, 0.1) is 7.11 Å². The molecular formula is C22H24N6O3. The van der Waals surface area contributed by atoms with E-state index in [4.69, 9.17) is 4.74 Å². The van der Waals surface area contributed by atoms with E-state index < -0.39 is 6.04 Å². The number of likely N-dealkylation sites (tertiary alicyclic amines) is 1. The second-order valence-electron chi connectivity index (χ2n) is 7.41. The van der Waals surface area contributed by atoms with Gasteiger partial charge in [0, 0.05) is 12.2 Å². The first-order valence-electron chi connectivity index (χ1n) is 10.2. The van der Waals surface area contributed by atoms with Crippen molar-refractivity contribution in [3.05, 3.63) is 54.9 Å². The molecule has 1 aliphatic heterocycles. The lowest BCUT2D eigenvalue weighted by atomic mass is 10.0. The number of piperidine rings is 1. The first-order valence-corrected chi connectivity index (χ1v) is 10.2. The summed E-state index contributed by atoms with van der Waals surface area (Å²) in [5.74, 6) is 0.413. The highest BCUT2D eigenvalue weighted by atomic mass is 16.5. The van der Waals surface area contributed by atoms with Crippen molar-refractivity contribution in [3.8, 4) is 16.9 Å². The van der Waals surface area contributed by atoms with Gasteiger partial charge in [-0.3, -0.25) is 9.59 Å². The fourth-order valence-corrected chi connectivity index (χ4v) is 3.79. The van der Waals surface area contributed by atoms with Crippen LogP contribution in [-0.2, 0) is 16.1 Å². The van der Waals surface area contributed by atoms with Gasteiger partial charge < -0.3 is 15.0 Å². The average Bonchev–Trinajstić information content (AvgIpc) is 3.32. The highest BCUT2D eigenvalue weighted by Crippen LogP contribution is 2.27. The molecule has 9 nitrogen and oxygen atoms in total. The van der Waals surface area contributed by atoms with Crippen molar-refractivity contribution in [2.75, 3.05) is 19.0 Å². The maximum absolute atomic E-state index is 13.1. The quantitative estimate of drug-likeness (QED) is 0.657. The zero-order valence-corrected chi connectivity index (χ0v) is 17.3. The zero-order valence-electron chi connectivity index (χ0n) is 17.3. The van der Waals surface area contributed by atoms with Crippen molar-refractivity contribution >= 4 is 17.5 Å². The molecule has 0 aliphatic carbocycles. The summed E-state index contributed by atoms with van der Waals surface area (Å²) in [5.41, 5.74) is 2.64. The highest BCUT2D eigenvalue weighted by molar-refractivity contribution is 5.97. The maximum Gasteiger partial charge on any atom is 0.247 e. The number of tetrazole rings is 1. The molecule has 3 aromatic rings. The normalized spacial score (nSPS) is 16.0. The second kappa shape index (κ2) is 9.38. The predicted molar refractivity (Wildman–Crippen MR) is 114 cm³/mol. The van der Waals surface area contributed by atoms with Crippen LogP contribution in [0.5, 0.6) is 5.75 Å². The van der Waals surface area contributed by atoms with Gasteiger partial charge in [-0.2, -0.15) is 0 Å². The van der Waals surface area contributed by atoms with Crippen molar-refractivity contribution in [1.29, 1.82) is 0 Å². The number of nitrogens with zero attached hydrogens (tertiary/aromatic N) is 5. The summed E-state index contributed by atoms with van der Waals surface area (Å²) < 4.78 is 6.67. The Morgan fingerprint density at radius 2 is 1.94 bits per heavy atom. The van der Waals surface area contributed by atoms with Crippen LogP contribution < -0.4 is 10.1 Å². The number of anilines is 1. The molecule has 1 aliphatic rings. The summed E-state index contributed by atoms with van der Waals surface area (Å²) in [5, 5.41) is 13.8. The molecule has 1 N–H and O–H groups in total. The Morgan fingerprint density at radius 3 is 2.71 bits per heavy atom. The van der Waals surface area contributed by atoms with Crippen molar-refractivity contribution in [1.82, 2.24) is 25.1 Å². The fourth-order valence-electron chi connectivity index (χ4n) is 3.79. The molecule has 2 amide bonds. The Kier molecular flexibility index (Phi) is 6.21. The molecule has 1 unspecified atom stereocenters. The van der Waals surface area contributed by atoms with E-state index in [0.717, 1.165) is 29.7 Å². The Balaban J connectivity index is 1.48. The summed E-state index contributed by atoms with van der Waals surface area (Å²) in [6, 6.07) is 14.9. The Hall–Kier alpha value is -3.75.